The monoisotopic (exact) mass is 302 g/mol. The number of nitrogens with zero attached hydrogens (tertiary/aromatic N) is 3. The van der Waals surface area contributed by atoms with Gasteiger partial charge in [0.15, 0.2) is 5.65 Å². The van der Waals surface area contributed by atoms with E-state index in [1.165, 1.54) is 16.3 Å². The molecule has 0 saturated carbocycles. The van der Waals surface area contributed by atoms with Gasteiger partial charge in [0.25, 0.3) is 0 Å². The van der Waals surface area contributed by atoms with E-state index in [0.29, 0.717) is 10.7 Å². The van der Waals surface area contributed by atoms with E-state index in [2.05, 4.69) is 15.3 Å². The van der Waals surface area contributed by atoms with Crippen molar-refractivity contribution >= 4 is 17.4 Å². The van der Waals surface area contributed by atoms with E-state index in [1.54, 1.807) is 6.07 Å². The third-order valence-corrected chi connectivity index (χ3v) is 3.57. The van der Waals surface area contributed by atoms with Crippen LogP contribution in [0.5, 0.6) is 5.75 Å². The smallest absolute Gasteiger partial charge is 0.364 e. The first-order valence-corrected chi connectivity index (χ1v) is 7.32. The van der Waals surface area contributed by atoms with Crippen molar-refractivity contribution in [3.63, 3.8) is 0 Å². The van der Waals surface area contributed by atoms with Crippen LogP contribution in [0.2, 0.25) is 0 Å². The van der Waals surface area contributed by atoms with Crippen LogP contribution in [0, 0.1) is 0 Å². The second-order valence-electron chi connectivity index (χ2n) is 4.71. The Hall–Kier alpha value is -2.28. The number of nitrogens with one attached hydrogen (secondary N) is 1. The van der Waals surface area contributed by atoms with Crippen LogP contribution in [0.3, 0.4) is 0 Å². The minimum Gasteiger partial charge on any atom is -0.491 e. The zero-order valence-corrected chi connectivity index (χ0v) is 12.4. The maximum atomic E-state index is 11.5. The fourth-order valence-electron chi connectivity index (χ4n) is 1.84. The summed E-state index contributed by atoms with van der Waals surface area (Å²) in [6, 6.07) is 11.4. The van der Waals surface area contributed by atoms with Gasteiger partial charge in [-0.3, -0.25) is 0 Å². The molecule has 108 valence electrons. The van der Waals surface area contributed by atoms with Crippen LogP contribution in [-0.2, 0) is 0 Å². The van der Waals surface area contributed by atoms with Crippen molar-refractivity contribution in [2.75, 3.05) is 0 Å². The first kappa shape index (κ1) is 13.7. The molecule has 0 saturated heterocycles. The Morgan fingerprint density at radius 1 is 1.29 bits per heavy atom. The summed E-state index contributed by atoms with van der Waals surface area (Å²) in [6.45, 7) is 3.97. The summed E-state index contributed by atoms with van der Waals surface area (Å²) in [5.41, 5.74) is 0.158. The number of fused-ring (bicyclic) bond motifs is 1. The number of rotatable bonds is 4. The first-order chi connectivity index (χ1) is 10.1. The molecule has 0 bridgehead atoms. The van der Waals surface area contributed by atoms with Gasteiger partial charge >= 0.3 is 5.69 Å². The molecular weight excluding hydrogens is 288 g/mol. The molecule has 0 atom stereocenters. The minimum atomic E-state index is -0.343. The van der Waals surface area contributed by atoms with Gasteiger partial charge in [-0.2, -0.15) is 14.7 Å². The van der Waals surface area contributed by atoms with E-state index in [-0.39, 0.29) is 11.8 Å². The molecule has 2 heterocycles. The van der Waals surface area contributed by atoms with E-state index in [4.69, 9.17) is 4.74 Å². The lowest BCUT2D eigenvalue weighted by Crippen LogP contribution is -2.12. The third kappa shape index (κ3) is 3.08. The van der Waals surface area contributed by atoms with E-state index < -0.39 is 0 Å². The Morgan fingerprint density at radius 2 is 2.14 bits per heavy atom. The fourth-order valence-corrected chi connectivity index (χ4v) is 2.67. The molecule has 3 aromatic rings. The SMILES string of the molecule is CC(C)Oc1cccc(Sc2ccc3n[nH]c(=O)n3n2)c1. The Morgan fingerprint density at radius 3 is 2.95 bits per heavy atom. The van der Waals surface area contributed by atoms with E-state index in [0.717, 1.165) is 10.6 Å². The summed E-state index contributed by atoms with van der Waals surface area (Å²) in [4.78, 5) is 12.5. The predicted octanol–water partition coefficient (Wildman–Crippen LogP) is 2.36. The number of H-pyrrole nitrogens is 1. The molecule has 21 heavy (non-hydrogen) atoms. The van der Waals surface area contributed by atoms with Gasteiger partial charge in [-0.05, 0) is 44.2 Å². The molecule has 1 N–H and O–H groups in total. The average Bonchev–Trinajstić information content (AvgIpc) is 2.80. The maximum Gasteiger partial charge on any atom is 0.364 e. The van der Waals surface area contributed by atoms with Gasteiger partial charge in [-0.15, -0.1) is 0 Å². The number of aromatic amines is 1. The van der Waals surface area contributed by atoms with Crippen LogP contribution in [-0.4, -0.2) is 25.9 Å². The molecule has 0 spiro atoms. The predicted molar refractivity (Wildman–Crippen MR) is 79.9 cm³/mol. The van der Waals surface area contributed by atoms with Crippen LogP contribution in [0.1, 0.15) is 13.8 Å². The number of ether oxygens (including phenoxy) is 1. The highest BCUT2D eigenvalue weighted by molar-refractivity contribution is 7.99. The van der Waals surface area contributed by atoms with Gasteiger partial charge in [0.2, 0.25) is 0 Å². The summed E-state index contributed by atoms with van der Waals surface area (Å²) in [6.07, 6.45) is 0.129. The zero-order valence-electron chi connectivity index (χ0n) is 11.6. The summed E-state index contributed by atoms with van der Waals surface area (Å²) >= 11 is 1.46. The molecule has 2 aromatic heterocycles. The van der Waals surface area contributed by atoms with E-state index >= 15 is 0 Å². The molecule has 1 aromatic carbocycles. The summed E-state index contributed by atoms with van der Waals surface area (Å²) in [7, 11) is 0. The van der Waals surface area contributed by atoms with Gasteiger partial charge in [0.1, 0.15) is 10.8 Å². The molecule has 0 fully saturated rings. The van der Waals surface area contributed by atoms with Gasteiger partial charge in [-0.1, -0.05) is 17.8 Å². The van der Waals surface area contributed by atoms with Crippen molar-refractivity contribution in [1.29, 1.82) is 0 Å². The van der Waals surface area contributed by atoms with Crippen molar-refractivity contribution in [2.24, 2.45) is 0 Å². The number of aromatic nitrogens is 4. The van der Waals surface area contributed by atoms with Crippen LogP contribution >= 0.6 is 11.8 Å². The van der Waals surface area contributed by atoms with Crippen molar-refractivity contribution in [3.05, 3.63) is 46.9 Å². The highest BCUT2D eigenvalue weighted by Gasteiger charge is 2.06. The van der Waals surface area contributed by atoms with Gasteiger partial charge in [0, 0.05) is 4.90 Å². The second-order valence-corrected chi connectivity index (χ2v) is 5.81. The van der Waals surface area contributed by atoms with Gasteiger partial charge in [-0.25, -0.2) is 9.89 Å². The molecule has 0 radical (unpaired) electrons. The first-order valence-electron chi connectivity index (χ1n) is 6.51. The largest absolute Gasteiger partial charge is 0.491 e. The Bertz CT molecular complexity index is 825. The summed E-state index contributed by atoms with van der Waals surface area (Å²) < 4.78 is 6.91. The number of hydrogen-bond acceptors (Lipinski definition) is 5. The fraction of sp³-hybridized carbons (Fsp3) is 0.214. The summed E-state index contributed by atoms with van der Waals surface area (Å²) in [5.74, 6) is 0.816. The molecule has 7 heteroatoms. The molecule has 0 unspecified atom stereocenters. The van der Waals surface area contributed by atoms with Crippen LogP contribution in [0.25, 0.3) is 5.65 Å². The van der Waals surface area contributed by atoms with Crippen LogP contribution < -0.4 is 10.4 Å². The highest BCUT2D eigenvalue weighted by atomic mass is 32.2. The minimum absolute atomic E-state index is 0.129. The van der Waals surface area contributed by atoms with Crippen molar-refractivity contribution < 1.29 is 4.74 Å². The molecule has 6 nitrogen and oxygen atoms in total. The Labute approximate surface area is 125 Å². The number of benzene rings is 1. The molecule has 0 amide bonds. The van der Waals surface area contributed by atoms with Crippen molar-refractivity contribution in [3.8, 4) is 5.75 Å². The van der Waals surface area contributed by atoms with Gasteiger partial charge in [0.05, 0.1) is 6.10 Å². The van der Waals surface area contributed by atoms with Crippen LogP contribution in [0.4, 0.5) is 0 Å². The highest BCUT2D eigenvalue weighted by Crippen LogP contribution is 2.28. The van der Waals surface area contributed by atoms with Crippen molar-refractivity contribution in [2.45, 2.75) is 29.9 Å². The molecule has 0 aliphatic heterocycles. The average molecular weight is 302 g/mol. The zero-order chi connectivity index (χ0) is 14.8. The molecule has 3 rings (SSSR count). The molecule has 0 aliphatic carbocycles. The normalized spacial score (nSPS) is 11.2. The molecular formula is C14H14N4O2S. The third-order valence-electron chi connectivity index (χ3n) is 2.65. The number of hydrogen-bond donors (Lipinski definition) is 1. The van der Waals surface area contributed by atoms with Crippen LogP contribution in [0.15, 0.2) is 51.1 Å². The summed E-state index contributed by atoms with van der Waals surface area (Å²) in [5, 5.41) is 11.2. The van der Waals surface area contributed by atoms with Crippen molar-refractivity contribution in [1.82, 2.24) is 19.8 Å². The lowest BCUT2D eigenvalue weighted by molar-refractivity contribution is 0.242. The lowest BCUT2D eigenvalue weighted by atomic mass is 10.3. The van der Waals surface area contributed by atoms with E-state index in [1.807, 2.05) is 44.2 Å². The van der Waals surface area contributed by atoms with E-state index in [9.17, 15) is 4.79 Å². The standard InChI is InChI=1S/C14H14N4O2S/c1-9(2)20-10-4-3-5-11(8-10)21-13-7-6-12-15-16-14(19)18(12)17-13/h3-9H,1-2H3,(H,16,19). The molecule has 0 aliphatic rings. The lowest BCUT2D eigenvalue weighted by Gasteiger charge is -2.10. The maximum absolute atomic E-state index is 11.5. The Kier molecular flexibility index (Phi) is 3.66. The second kappa shape index (κ2) is 5.61. The Balaban J connectivity index is 1.87. The van der Waals surface area contributed by atoms with Gasteiger partial charge < -0.3 is 4.74 Å². The topological polar surface area (TPSA) is 72.3 Å². The quantitative estimate of drug-likeness (QED) is 0.801.